The van der Waals surface area contributed by atoms with Gasteiger partial charge >= 0.3 is 6.03 Å². The van der Waals surface area contributed by atoms with E-state index < -0.39 is 5.91 Å². The number of amides is 3. The Hall–Kier alpha value is -5.31. The van der Waals surface area contributed by atoms with Crippen LogP contribution in [-0.4, -0.2) is 43.6 Å². The van der Waals surface area contributed by atoms with E-state index in [0.29, 0.717) is 41.3 Å². The number of Topliss-reactive ketones (excluding diaryl/α,β-unsaturated/α-hetero) is 1. The van der Waals surface area contributed by atoms with Gasteiger partial charge in [0.25, 0.3) is 5.91 Å². The summed E-state index contributed by atoms with van der Waals surface area (Å²) in [4.78, 5) is 38.0. The lowest BCUT2D eigenvalue weighted by molar-refractivity contribution is 0.0948. The maximum absolute atomic E-state index is 12.8. The Morgan fingerprint density at radius 3 is 2.09 bits per heavy atom. The van der Waals surface area contributed by atoms with Crippen molar-refractivity contribution in [3.63, 3.8) is 0 Å². The summed E-state index contributed by atoms with van der Waals surface area (Å²) < 4.78 is 11.0. The lowest BCUT2D eigenvalue weighted by Gasteiger charge is -2.23. The average molecular weight is 582 g/mol. The molecule has 222 valence electrons. The largest absolute Gasteiger partial charge is 0.507 e. The number of anilines is 1. The summed E-state index contributed by atoms with van der Waals surface area (Å²) in [6.07, 6.45) is 0.430. The van der Waals surface area contributed by atoms with Gasteiger partial charge in [0, 0.05) is 30.3 Å². The third-order valence-electron chi connectivity index (χ3n) is 7.04. The molecule has 0 radical (unpaired) electrons. The molecule has 0 fully saturated rings. The molecular formula is C34H35N3O6. The second kappa shape index (κ2) is 14.5. The standard InChI is InChI=1S/C34H35N3O6/c1-22(38)28-19-31(42-2)32(43-3)20-29(28)26(17-18-35-33(40)27-11-7-8-12-30(27)39)24-13-15-25(16-14-24)37-34(41)36-21-23-9-5-4-6-10-23/h4-16,19-20,26,39H,17-18,21H2,1-3H3,(H,35,40)(H2,36,37,41). The van der Waals surface area contributed by atoms with Crippen LogP contribution in [0.25, 0.3) is 0 Å². The van der Waals surface area contributed by atoms with Crippen LogP contribution in [0.4, 0.5) is 10.5 Å². The number of urea groups is 1. The highest BCUT2D eigenvalue weighted by Gasteiger charge is 2.23. The predicted octanol–water partition coefficient (Wildman–Crippen LogP) is 5.89. The van der Waals surface area contributed by atoms with Crippen LogP contribution in [0.15, 0.2) is 91.0 Å². The van der Waals surface area contributed by atoms with Gasteiger partial charge in [0.15, 0.2) is 17.3 Å². The molecule has 9 nitrogen and oxygen atoms in total. The lowest BCUT2D eigenvalue weighted by atomic mass is 9.84. The predicted molar refractivity (Wildman–Crippen MR) is 165 cm³/mol. The third kappa shape index (κ3) is 7.91. The molecule has 0 saturated heterocycles. The van der Waals surface area contributed by atoms with E-state index in [1.54, 1.807) is 42.5 Å². The Morgan fingerprint density at radius 1 is 0.791 bits per heavy atom. The van der Waals surface area contributed by atoms with Crippen molar-refractivity contribution in [2.24, 2.45) is 0 Å². The molecule has 0 spiro atoms. The number of ketones is 1. The van der Waals surface area contributed by atoms with Crippen molar-refractivity contribution >= 4 is 23.4 Å². The molecule has 4 aromatic rings. The van der Waals surface area contributed by atoms with Crippen molar-refractivity contribution in [2.45, 2.75) is 25.8 Å². The van der Waals surface area contributed by atoms with Gasteiger partial charge in [0.05, 0.1) is 19.8 Å². The number of aromatic hydroxyl groups is 1. The lowest BCUT2D eigenvalue weighted by Crippen LogP contribution is -2.28. The minimum atomic E-state index is -0.406. The average Bonchev–Trinajstić information content (AvgIpc) is 3.02. The molecule has 43 heavy (non-hydrogen) atoms. The number of ether oxygens (including phenoxy) is 2. The minimum Gasteiger partial charge on any atom is -0.507 e. The Balaban J connectivity index is 1.57. The van der Waals surface area contributed by atoms with Crippen molar-refractivity contribution in [2.75, 3.05) is 26.1 Å². The quantitative estimate of drug-likeness (QED) is 0.155. The molecule has 3 amide bonds. The van der Waals surface area contributed by atoms with Gasteiger partial charge in [-0.2, -0.15) is 0 Å². The normalized spacial score (nSPS) is 11.2. The molecule has 0 heterocycles. The van der Waals surface area contributed by atoms with Gasteiger partial charge in [-0.15, -0.1) is 0 Å². The number of carbonyl (C=O) groups excluding carboxylic acids is 3. The Morgan fingerprint density at radius 2 is 1.44 bits per heavy atom. The smallest absolute Gasteiger partial charge is 0.319 e. The number of methoxy groups -OCH3 is 2. The van der Waals surface area contributed by atoms with E-state index in [4.69, 9.17) is 9.47 Å². The summed E-state index contributed by atoms with van der Waals surface area (Å²) >= 11 is 0. The van der Waals surface area contributed by atoms with Crippen LogP contribution >= 0.6 is 0 Å². The molecule has 4 rings (SSSR count). The molecule has 9 heteroatoms. The summed E-state index contributed by atoms with van der Waals surface area (Å²) in [6.45, 7) is 2.14. The highest BCUT2D eigenvalue weighted by Crippen LogP contribution is 2.38. The number of carbonyl (C=O) groups is 3. The van der Waals surface area contributed by atoms with Crippen LogP contribution in [0.5, 0.6) is 17.2 Å². The van der Waals surface area contributed by atoms with E-state index in [2.05, 4.69) is 16.0 Å². The zero-order chi connectivity index (χ0) is 30.8. The van der Waals surface area contributed by atoms with Gasteiger partial charge in [0.2, 0.25) is 0 Å². The second-order valence-electron chi connectivity index (χ2n) is 9.88. The number of nitrogens with one attached hydrogen (secondary N) is 3. The van der Waals surface area contributed by atoms with E-state index in [9.17, 15) is 19.5 Å². The van der Waals surface area contributed by atoms with Crippen LogP contribution in [-0.2, 0) is 6.54 Å². The van der Waals surface area contributed by atoms with E-state index in [1.807, 2.05) is 42.5 Å². The Bertz CT molecular complexity index is 1570. The number of rotatable bonds is 12. The summed E-state index contributed by atoms with van der Waals surface area (Å²) in [5.41, 5.74) is 3.80. The zero-order valence-electron chi connectivity index (χ0n) is 24.3. The molecule has 0 aliphatic heterocycles. The van der Waals surface area contributed by atoms with Crippen LogP contribution in [0.3, 0.4) is 0 Å². The van der Waals surface area contributed by atoms with Gasteiger partial charge in [-0.3, -0.25) is 9.59 Å². The minimum absolute atomic E-state index is 0.105. The molecule has 4 N–H and O–H groups in total. The highest BCUT2D eigenvalue weighted by atomic mass is 16.5. The summed E-state index contributed by atoms with van der Waals surface area (Å²) in [6, 6.07) is 26.4. The highest BCUT2D eigenvalue weighted by molar-refractivity contribution is 5.97. The number of phenolic OH excluding ortho intramolecular Hbond substituents is 1. The topological polar surface area (TPSA) is 126 Å². The molecule has 0 aliphatic carbocycles. The van der Waals surface area contributed by atoms with Crippen molar-refractivity contribution in [3.8, 4) is 17.2 Å². The third-order valence-corrected chi connectivity index (χ3v) is 7.04. The monoisotopic (exact) mass is 581 g/mol. The fourth-order valence-electron chi connectivity index (χ4n) is 4.83. The SMILES string of the molecule is COc1cc(C(C)=O)c(C(CCNC(=O)c2ccccc2O)c2ccc(NC(=O)NCc3ccccc3)cc2)cc1OC. The van der Waals surface area contributed by atoms with E-state index in [0.717, 1.165) is 11.1 Å². The van der Waals surface area contributed by atoms with Crippen LogP contribution in [0.2, 0.25) is 0 Å². The fourth-order valence-corrected chi connectivity index (χ4v) is 4.83. The first-order valence-electron chi connectivity index (χ1n) is 13.8. The van der Waals surface area contributed by atoms with E-state index in [-0.39, 0.29) is 35.6 Å². The number of para-hydroxylation sites is 1. The molecule has 0 aliphatic rings. The van der Waals surface area contributed by atoms with Crippen LogP contribution < -0.4 is 25.4 Å². The summed E-state index contributed by atoms with van der Waals surface area (Å²) in [5, 5.41) is 18.6. The molecule has 0 bridgehead atoms. The number of phenols is 1. The molecule has 0 saturated carbocycles. The Labute approximate surface area is 250 Å². The molecular weight excluding hydrogens is 546 g/mol. The number of benzene rings is 4. The van der Waals surface area contributed by atoms with Gasteiger partial charge in [-0.05, 0) is 66.4 Å². The first-order valence-corrected chi connectivity index (χ1v) is 13.8. The first-order chi connectivity index (χ1) is 20.8. The Kier molecular flexibility index (Phi) is 10.4. The molecule has 1 atom stereocenters. The van der Waals surface area contributed by atoms with E-state index in [1.165, 1.54) is 27.2 Å². The number of hydrogen-bond donors (Lipinski definition) is 4. The zero-order valence-corrected chi connectivity index (χ0v) is 24.3. The fraction of sp³-hybridized carbons (Fsp3) is 0.206. The van der Waals surface area contributed by atoms with Crippen LogP contribution in [0.1, 0.15) is 56.7 Å². The van der Waals surface area contributed by atoms with Gasteiger partial charge in [-0.25, -0.2) is 4.79 Å². The van der Waals surface area contributed by atoms with Gasteiger partial charge < -0.3 is 30.5 Å². The summed E-state index contributed by atoms with van der Waals surface area (Å²) in [7, 11) is 3.04. The van der Waals surface area contributed by atoms with Gasteiger partial charge in [-0.1, -0.05) is 54.6 Å². The summed E-state index contributed by atoms with van der Waals surface area (Å²) in [5.74, 6) is -0.0802. The molecule has 1 unspecified atom stereocenters. The van der Waals surface area contributed by atoms with Crippen LogP contribution in [0, 0.1) is 0 Å². The number of hydrogen-bond acceptors (Lipinski definition) is 6. The second-order valence-corrected chi connectivity index (χ2v) is 9.88. The van der Waals surface area contributed by atoms with E-state index >= 15 is 0 Å². The molecule has 4 aromatic carbocycles. The molecule has 0 aromatic heterocycles. The van der Waals surface area contributed by atoms with Crippen molar-refractivity contribution in [3.05, 3.63) is 119 Å². The maximum Gasteiger partial charge on any atom is 0.319 e. The maximum atomic E-state index is 12.8. The van der Waals surface area contributed by atoms with Gasteiger partial charge in [0.1, 0.15) is 5.75 Å². The first kappa shape index (κ1) is 30.6. The van der Waals surface area contributed by atoms with Crippen molar-refractivity contribution in [1.29, 1.82) is 0 Å². The van der Waals surface area contributed by atoms with Crippen molar-refractivity contribution < 1.29 is 29.0 Å². The van der Waals surface area contributed by atoms with Crippen molar-refractivity contribution in [1.82, 2.24) is 10.6 Å².